The van der Waals surface area contributed by atoms with Gasteiger partial charge in [-0.25, -0.2) is 0 Å². The van der Waals surface area contributed by atoms with Crippen molar-refractivity contribution in [3.05, 3.63) is 0 Å². The Kier molecular flexibility index (Phi) is 7.09. The van der Waals surface area contributed by atoms with Gasteiger partial charge in [0.15, 0.2) is 0 Å². The highest BCUT2D eigenvalue weighted by molar-refractivity contribution is 6.08. The quantitative estimate of drug-likeness (QED) is 0.504. The summed E-state index contributed by atoms with van der Waals surface area (Å²) >= 11 is 0. The monoisotopic (exact) mass is 144 g/mol. The molecule has 10 heavy (non-hydrogen) atoms. The lowest BCUT2D eigenvalue weighted by Gasteiger charge is -2.12. The summed E-state index contributed by atoms with van der Waals surface area (Å²) in [6, 6.07) is 0. The van der Waals surface area contributed by atoms with Gasteiger partial charge in [-0.05, 0) is 12.8 Å². The molecule has 0 aromatic rings. The van der Waals surface area contributed by atoms with Crippen LogP contribution in [0, 0.1) is 0 Å². The van der Waals surface area contributed by atoms with Gasteiger partial charge in [0.25, 0.3) is 0 Å². The normalized spacial score (nSPS) is 13.4. The van der Waals surface area contributed by atoms with Gasteiger partial charge in [0.1, 0.15) is 7.85 Å². The summed E-state index contributed by atoms with van der Waals surface area (Å²) in [6.45, 7) is 0.804. The minimum atomic E-state index is 0.393. The molecule has 0 bridgehead atoms. The second kappa shape index (κ2) is 7.10. The summed E-state index contributed by atoms with van der Waals surface area (Å²) in [5.41, 5.74) is 0. The molecule has 0 aliphatic carbocycles. The second-order valence-corrected chi connectivity index (χ2v) is 2.43. The van der Waals surface area contributed by atoms with Crippen molar-refractivity contribution < 1.29 is 9.47 Å². The number of hydrogen-bond donors (Lipinski definition) is 0. The van der Waals surface area contributed by atoms with Crippen LogP contribution in [-0.4, -0.2) is 34.8 Å². The van der Waals surface area contributed by atoms with Gasteiger partial charge in [-0.15, -0.1) is 0 Å². The van der Waals surface area contributed by atoms with E-state index in [9.17, 15) is 0 Å². The Morgan fingerprint density at radius 3 is 2.40 bits per heavy atom. The fourth-order valence-corrected chi connectivity index (χ4v) is 0.951. The van der Waals surface area contributed by atoms with E-state index >= 15 is 0 Å². The molecule has 1 unspecified atom stereocenters. The van der Waals surface area contributed by atoms with E-state index < -0.39 is 0 Å². The van der Waals surface area contributed by atoms with Crippen LogP contribution in [0.3, 0.4) is 0 Å². The standard InChI is InChI=1S/C7H17BO2/c1-9-6-4-7(10-2)3-5-8/h7H,3-6,8H2,1-2H3. The molecule has 0 saturated carbocycles. The zero-order valence-corrected chi connectivity index (χ0v) is 7.22. The van der Waals surface area contributed by atoms with Crippen LogP contribution >= 0.6 is 0 Å². The molecule has 0 rings (SSSR count). The van der Waals surface area contributed by atoms with Crippen LogP contribution in [0.15, 0.2) is 0 Å². The largest absolute Gasteiger partial charge is 0.385 e. The molecule has 0 saturated heterocycles. The predicted molar refractivity (Wildman–Crippen MR) is 45.3 cm³/mol. The van der Waals surface area contributed by atoms with E-state index in [1.54, 1.807) is 14.2 Å². The Balaban J connectivity index is 3.21. The number of ether oxygens (including phenoxy) is 2. The summed E-state index contributed by atoms with van der Waals surface area (Å²) < 4.78 is 10.2. The Morgan fingerprint density at radius 1 is 1.30 bits per heavy atom. The lowest BCUT2D eigenvalue weighted by atomic mass is 9.98. The summed E-state index contributed by atoms with van der Waals surface area (Å²) in [5, 5.41) is 0. The third kappa shape index (κ3) is 4.83. The zero-order valence-electron chi connectivity index (χ0n) is 7.22. The first-order valence-corrected chi connectivity index (χ1v) is 3.86. The van der Waals surface area contributed by atoms with Gasteiger partial charge >= 0.3 is 0 Å². The minimum absolute atomic E-state index is 0.393. The molecule has 0 fully saturated rings. The molecular formula is C7H17BO2. The average Bonchev–Trinajstić information content (AvgIpc) is 1.98. The highest BCUT2D eigenvalue weighted by Crippen LogP contribution is 2.04. The molecule has 0 radical (unpaired) electrons. The Hall–Kier alpha value is -0.0151. The van der Waals surface area contributed by atoms with Crippen LogP contribution in [0.2, 0.25) is 6.32 Å². The fraction of sp³-hybridized carbons (Fsp3) is 1.00. The Morgan fingerprint density at radius 2 is 2.00 bits per heavy atom. The topological polar surface area (TPSA) is 18.5 Å². The summed E-state index contributed by atoms with van der Waals surface area (Å²) in [7, 11) is 5.65. The van der Waals surface area contributed by atoms with Crippen LogP contribution in [0.1, 0.15) is 12.8 Å². The second-order valence-electron chi connectivity index (χ2n) is 2.43. The molecule has 0 aromatic heterocycles. The van der Waals surface area contributed by atoms with Crippen molar-refractivity contribution in [3.8, 4) is 0 Å². The van der Waals surface area contributed by atoms with Crippen molar-refractivity contribution >= 4 is 7.85 Å². The van der Waals surface area contributed by atoms with Gasteiger partial charge in [-0.1, -0.05) is 6.32 Å². The van der Waals surface area contributed by atoms with Gasteiger partial charge in [-0.2, -0.15) is 0 Å². The van der Waals surface area contributed by atoms with Crippen LogP contribution in [0.4, 0.5) is 0 Å². The first-order chi connectivity index (χ1) is 4.85. The maximum absolute atomic E-state index is 5.21. The molecule has 1 atom stereocenters. The maximum atomic E-state index is 5.21. The van der Waals surface area contributed by atoms with Gasteiger partial charge < -0.3 is 9.47 Å². The van der Waals surface area contributed by atoms with Crippen molar-refractivity contribution in [1.82, 2.24) is 0 Å². The summed E-state index contributed by atoms with van der Waals surface area (Å²) in [6.07, 6.45) is 3.73. The predicted octanol–water partition coefficient (Wildman–Crippen LogP) is 0.479. The highest BCUT2D eigenvalue weighted by Gasteiger charge is 2.03. The third-order valence-electron chi connectivity index (χ3n) is 1.59. The van der Waals surface area contributed by atoms with E-state index in [1.165, 1.54) is 6.32 Å². The zero-order chi connectivity index (χ0) is 7.82. The number of methoxy groups -OCH3 is 2. The van der Waals surface area contributed by atoms with E-state index in [2.05, 4.69) is 7.85 Å². The average molecular weight is 144 g/mol. The van der Waals surface area contributed by atoms with Gasteiger partial charge in [0.2, 0.25) is 0 Å². The molecule has 60 valence electrons. The minimum Gasteiger partial charge on any atom is -0.385 e. The van der Waals surface area contributed by atoms with Gasteiger partial charge in [0.05, 0.1) is 6.10 Å². The first-order valence-electron chi connectivity index (χ1n) is 3.86. The van der Waals surface area contributed by atoms with E-state index in [0.29, 0.717) is 6.10 Å². The number of hydrogen-bond acceptors (Lipinski definition) is 2. The van der Waals surface area contributed by atoms with Crippen LogP contribution in [0.25, 0.3) is 0 Å². The van der Waals surface area contributed by atoms with E-state index in [-0.39, 0.29) is 0 Å². The molecule has 2 nitrogen and oxygen atoms in total. The third-order valence-corrected chi connectivity index (χ3v) is 1.59. The molecule has 0 N–H and O–H groups in total. The van der Waals surface area contributed by atoms with Crippen molar-refractivity contribution in [2.75, 3.05) is 20.8 Å². The molecule has 0 spiro atoms. The van der Waals surface area contributed by atoms with Gasteiger partial charge in [0, 0.05) is 20.8 Å². The first kappa shape index (κ1) is 9.98. The summed E-state index contributed by atoms with van der Waals surface area (Å²) in [4.78, 5) is 0. The molecule has 0 amide bonds. The smallest absolute Gasteiger partial charge is 0.101 e. The molecule has 3 heteroatoms. The molecule has 0 aliphatic rings. The highest BCUT2D eigenvalue weighted by atomic mass is 16.5. The van der Waals surface area contributed by atoms with Gasteiger partial charge in [-0.3, -0.25) is 0 Å². The fourth-order valence-electron chi connectivity index (χ4n) is 0.951. The van der Waals surface area contributed by atoms with Crippen LogP contribution in [0.5, 0.6) is 0 Å². The van der Waals surface area contributed by atoms with Crippen molar-refractivity contribution in [3.63, 3.8) is 0 Å². The SMILES string of the molecule is BCCC(CCOC)OC. The molecule has 0 aromatic carbocycles. The lowest BCUT2D eigenvalue weighted by Crippen LogP contribution is -2.12. The van der Waals surface area contributed by atoms with Crippen molar-refractivity contribution in [1.29, 1.82) is 0 Å². The van der Waals surface area contributed by atoms with Crippen molar-refractivity contribution in [2.24, 2.45) is 0 Å². The summed E-state index contributed by atoms with van der Waals surface area (Å²) in [5.74, 6) is 0. The van der Waals surface area contributed by atoms with E-state index in [1.807, 2.05) is 0 Å². The Bertz CT molecular complexity index is 68.6. The molecule has 0 aliphatic heterocycles. The van der Waals surface area contributed by atoms with Crippen LogP contribution in [-0.2, 0) is 9.47 Å². The van der Waals surface area contributed by atoms with E-state index in [0.717, 1.165) is 19.4 Å². The van der Waals surface area contributed by atoms with Crippen molar-refractivity contribution in [2.45, 2.75) is 25.3 Å². The Labute approximate surface area is 64.3 Å². The number of rotatable bonds is 6. The van der Waals surface area contributed by atoms with E-state index in [4.69, 9.17) is 9.47 Å². The van der Waals surface area contributed by atoms with Crippen LogP contribution < -0.4 is 0 Å². The maximum Gasteiger partial charge on any atom is 0.101 e. The molecular weight excluding hydrogens is 127 g/mol. The molecule has 0 heterocycles. The lowest BCUT2D eigenvalue weighted by molar-refractivity contribution is 0.0642.